The summed E-state index contributed by atoms with van der Waals surface area (Å²) >= 11 is 0. The Morgan fingerprint density at radius 3 is 2.73 bits per heavy atom. The van der Waals surface area contributed by atoms with Crippen LogP contribution in [0, 0.1) is 6.92 Å². The Bertz CT molecular complexity index is 704. The SMILES string of the molecule is Cc1cc2c(ccc3ccc(=O)oc32)o1. The van der Waals surface area contributed by atoms with Gasteiger partial charge in [-0.05, 0) is 31.2 Å². The van der Waals surface area contributed by atoms with Crippen LogP contribution in [0.15, 0.2) is 44.0 Å². The van der Waals surface area contributed by atoms with Crippen LogP contribution in [0.5, 0.6) is 0 Å². The third kappa shape index (κ3) is 1.16. The van der Waals surface area contributed by atoms with E-state index in [1.165, 1.54) is 6.07 Å². The quantitative estimate of drug-likeness (QED) is 0.524. The summed E-state index contributed by atoms with van der Waals surface area (Å²) in [4.78, 5) is 11.1. The zero-order chi connectivity index (χ0) is 10.4. The van der Waals surface area contributed by atoms with E-state index in [-0.39, 0.29) is 5.63 Å². The number of fused-ring (bicyclic) bond motifs is 3. The van der Waals surface area contributed by atoms with Crippen molar-refractivity contribution in [1.82, 2.24) is 0 Å². The molecular formula is C12H8O3. The molecule has 0 spiro atoms. The van der Waals surface area contributed by atoms with E-state index < -0.39 is 0 Å². The molecule has 0 aliphatic rings. The second kappa shape index (κ2) is 2.73. The van der Waals surface area contributed by atoms with Crippen LogP contribution in [-0.4, -0.2) is 0 Å². The Morgan fingerprint density at radius 1 is 1.07 bits per heavy atom. The largest absolute Gasteiger partial charge is 0.461 e. The molecule has 0 aliphatic heterocycles. The van der Waals surface area contributed by atoms with Crippen molar-refractivity contribution in [3.63, 3.8) is 0 Å². The second-order valence-electron chi connectivity index (χ2n) is 3.51. The topological polar surface area (TPSA) is 43.4 Å². The number of hydrogen-bond donors (Lipinski definition) is 0. The molecule has 74 valence electrons. The fourth-order valence-electron chi connectivity index (χ4n) is 1.77. The number of hydrogen-bond acceptors (Lipinski definition) is 3. The highest BCUT2D eigenvalue weighted by molar-refractivity contribution is 6.01. The molecule has 0 aliphatic carbocycles. The smallest absolute Gasteiger partial charge is 0.336 e. The summed E-state index contributed by atoms with van der Waals surface area (Å²) in [7, 11) is 0. The van der Waals surface area contributed by atoms with Crippen LogP contribution in [0.25, 0.3) is 21.9 Å². The molecule has 0 atom stereocenters. The van der Waals surface area contributed by atoms with E-state index in [2.05, 4.69) is 0 Å². The predicted octanol–water partition coefficient (Wildman–Crippen LogP) is 2.85. The number of aryl methyl sites for hydroxylation is 1. The molecule has 15 heavy (non-hydrogen) atoms. The summed E-state index contributed by atoms with van der Waals surface area (Å²) in [6, 6.07) is 8.80. The Kier molecular flexibility index (Phi) is 1.51. The maximum Gasteiger partial charge on any atom is 0.336 e. The first-order valence-corrected chi connectivity index (χ1v) is 4.67. The fraction of sp³-hybridized carbons (Fsp3) is 0.0833. The van der Waals surface area contributed by atoms with Crippen LogP contribution in [-0.2, 0) is 0 Å². The minimum Gasteiger partial charge on any atom is -0.461 e. The Hall–Kier alpha value is -2.03. The van der Waals surface area contributed by atoms with Gasteiger partial charge in [-0.3, -0.25) is 0 Å². The van der Waals surface area contributed by atoms with Crippen LogP contribution in [0.3, 0.4) is 0 Å². The van der Waals surface area contributed by atoms with Crippen LogP contribution >= 0.6 is 0 Å². The van der Waals surface area contributed by atoms with Gasteiger partial charge in [-0.25, -0.2) is 4.79 Å². The van der Waals surface area contributed by atoms with Crippen molar-refractivity contribution >= 4 is 21.9 Å². The minimum atomic E-state index is -0.339. The molecule has 3 nitrogen and oxygen atoms in total. The van der Waals surface area contributed by atoms with E-state index in [9.17, 15) is 4.79 Å². The Labute approximate surface area is 84.9 Å². The van der Waals surface area contributed by atoms with E-state index in [0.29, 0.717) is 5.58 Å². The van der Waals surface area contributed by atoms with Gasteiger partial charge in [0, 0.05) is 11.5 Å². The van der Waals surface area contributed by atoms with Crippen LogP contribution in [0.2, 0.25) is 0 Å². The summed E-state index contributed by atoms with van der Waals surface area (Å²) in [5.41, 5.74) is 1.00. The maximum absolute atomic E-state index is 11.1. The first kappa shape index (κ1) is 8.29. The lowest BCUT2D eigenvalue weighted by Crippen LogP contribution is -1.93. The minimum absolute atomic E-state index is 0.339. The number of benzene rings is 1. The van der Waals surface area contributed by atoms with Crippen LogP contribution < -0.4 is 5.63 Å². The molecule has 2 aromatic heterocycles. The highest BCUT2D eigenvalue weighted by atomic mass is 16.4. The molecule has 0 fully saturated rings. The lowest BCUT2D eigenvalue weighted by Gasteiger charge is -1.95. The van der Waals surface area contributed by atoms with Gasteiger partial charge in [0.2, 0.25) is 0 Å². The van der Waals surface area contributed by atoms with E-state index in [1.807, 2.05) is 25.1 Å². The summed E-state index contributed by atoms with van der Waals surface area (Å²) in [5, 5.41) is 1.76. The van der Waals surface area contributed by atoms with Gasteiger partial charge in [-0.2, -0.15) is 0 Å². The molecule has 1 aromatic carbocycles. The first-order chi connectivity index (χ1) is 7.24. The molecule has 0 amide bonds. The Balaban J connectivity index is 2.62. The highest BCUT2D eigenvalue weighted by Gasteiger charge is 2.07. The molecule has 0 unspecified atom stereocenters. The van der Waals surface area contributed by atoms with Gasteiger partial charge in [0.15, 0.2) is 0 Å². The van der Waals surface area contributed by atoms with E-state index in [1.54, 1.807) is 6.07 Å². The van der Waals surface area contributed by atoms with E-state index in [0.717, 1.165) is 22.1 Å². The van der Waals surface area contributed by atoms with Crippen molar-refractivity contribution < 1.29 is 8.83 Å². The normalized spacial score (nSPS) is 11.3. The predicted molar refractivity (Wildman–Crippen MR) is 57.0 cm³/mol. The molecular weight excluding hydrogens is 192 g/mol. The molecule has 2 heterocycles. The Morgan fingerprint density at radius 2 is 1.87 bits per heavy atom. The number of furan rings is 1. The first-order valence-electron chi connectivity index (χ1n) is 4.67. The van der Waals surface area contributed by atoms with Crippen LogP contribution in [0.1, 0.15) is 5.76 Å². The van der Waals surface area contributed by atoms with Gasteiger partial charge in [-0.1, -0.05) is 0 Å². The molecule has 0 bridgehead atoms. The molecule has 0 saturated heterocycles. The van der Waals surface area contributed by atoms with Gasteiger partial charge in [-0.15, -0.1) is 0 Å². The third-order valence-electron chi connectivity index (χ3n) is 2.41. The number of rotatable bonds is 0. The molecule has 3 heteroatoms. The van der Waals surface area contributed by atoms with Crippen molar-refractivity contribution in [2.45, 2.75) is 6.92 Å². The monoisotopic (exact) mass is 200 g/mol. The van der Waals surface area contributed by atoms with Gasteiger partial charge in [0.05, 0.1) is 5.39 Å². The lowest BCUT2D eigenvalue weighted by molar-refractivity contribution is 0.562. The van der Waals surface area contributed by atoms with Crippen LogP contribution in [0.4, 0.5) is 0 Å². The average Bonchev–Trinajstić information content (AvgIpc) is 2.58. The lowest BCUT2D eigenvalue weighted by atomic mass is 10.2. The van der Waals surface area contributed by atoms with Crippen molar-refractivity contribution in [2.75, 3.05) is 0 Å². The summed E-state index contributed by atoms with van der Waals surface area (Å²) < 4.78 is 10.6. The molecule has 3 rings (SSSR count). The fourth-order valence-corrected chi connectivity index (χ4v) is 1.77. The summed E-state index contributed by atoms with van der Waals surface area (Å²) in [5.74, 6) is 0.809. The maximum atomic E-state index is 11.1. The standard InChI is InChI=1S/C12H8O3/c1-7-6-9-10(14-7)4-2-8-3-5-11(13)15-12(8)9/h2-6H,1H3. The summed E-state index contributed by atoms with van der Waals surface area (Å²) in [6.07, 6.45) is 0. The van der Waals surface area contributed by atoms with Crippen molar-refractivity contribution in [1.29, 1.82) is 0 Å². The molecule has 0 radical (unpaired) electrons. The van der Waals surface area contributed by atoms with Gasteiger partial charge in [0.25, 0.3) is 0 Å². The summed E-state index contributed by atoms with van der Waals surface area (Å²) in [6.45, 7) is 1.87. The molecule has 0 saturated carbocycles. The van der Waals surface area contributed by atoms with E-state index in [4.69, 9.17) is 8.83 Å². The molecule has 3 aromatic rings. The van der Waals surface area contributed by atoms with Crippen molar-refractivity contribution in [3.05, 3.63) is 46.5 Å². The highest BCUT2D eigenvalue weighted by Crippen LogP contribution is 2.26. The van der Waals surface area contributed by atoms with Crippen molar-refractivity contribution in [2.24, 2.45) is 0 Å². The van der Waals surface area contributed by atoms with Crippen molar-refractivity contribution in [3.8, 4) is 0 Å². The zero-order valence-electron chi connectivity index (χ0n) is 8.11. The van der Waals surface area contributed by atoms with Gasteiger partial charge >= 0.3 is 5.63 Å². The second-order valence-corrected chi connectivity index (χ2v) is 3.51. The van der Waals surface area contributed by atoms with E-state index >= 15 is 0 Å². The average molecular weight is 200 g/mol. The third-order valence-corrected chi connectivity index (χ3v) is 2.41. The zero-order valence-corrected chi connectivity index (χ0v) is 8.11. The molecule has 0 N–H and O–H groups in total. The van der Waals surface area contributed by atoms with Gasteiger partial charge in [0.1, 0.15) is 16.9 Å². The van der Waals surface area contributed by atoms with Gasteiger partial charge < -0.3 is 8.83 Å².